The van der Waals surface area contributed by atoms with Gasteiger partial charge in [-0.3, -0.25) is 4.79 Å². The molecule has 4 nitrogen and oxygen atoms in total. The number of piperidine rings is 1. The average molecular weight is 262 g/mol. The van der Waals surface area contributed by atoms with Crippen LogP contribution in [-0.4, -0.2) is 30.5 Å². The minimum atomic E-state index is 0.00968. The first-order valence-corrected chi connectivity index (χ1v) is 6.79. The van der Waals surface area contributed by atoms with Crippen LogP contribution >= 0.6 is 0 Å². The molecular weight excluding hydrogens is 240 g/mol. The van der Waals surface area contributed by atoms with Crippen molar-refractivity contribution in [2.45, 2.75) is 32.7 Å². The standard InChI is InChI=1S/C15H22N2O2/c1-10-5-4-8-17(11(10)2)15(18)13-9-12(19-3)6-7-14(13)16/h6-7,9-11H,4-5,8,16H2,1-3H3. The molecule has 0 aromatic heterocycles. The van der Waals surface area contributed by atoms with E-state index in [-0.39, 0.29) is 11.9 Å². The summed E-state index contributed by atoms with van der Waals surface area (Å²) in [4.78, 5) is 14.6. The normalized spacial score (nSPS) is 23.2. The molecule has 1 aliphatic heterocycles. The zero-order valence-electron chi connectivity index (χ0n) is 11.8. The van der Waals surface area contributed by atoms with Gasteiger partial charge in [-0.25, -0.2) is 0 Å². The van der Waals surface area contributed by atoms with Gasteiger partial charge in [0.05, 0.1) is 12.7 Å². The van der Waals surface area contributed by atoms with Crippen LogP contribution in [0.4, 0.5) is 5.69 Å². The number of methoxy groups -OCH3 is 1. The Morgan fingerprint density at radius 1 is 1.42 bits per heavy atom. The maximum Gasteiger partial charge on any atom is 0.256 e. The van der Waals surface area contributed by atoms with Gasteiger partial charge in [0.15, 0.2) is 0 Å². The van der Waals surface area contributed by atoms with Crippen LogP contribution in [0.3, 0.4) is 0 Å². The summed E-state index contributed by atoms with van der Waals surface area (Å²) in [5.41, 5.74) is 6.98. The van der Waals surface area contributed by atoms with E-state index >= 15 is 0 Å². The van der Waals surface area contributed by atoms with Gasteiger partial charge in [0.1, 0.15) is 5.75 Å². The van der Waals surface area contributed by atoms with Crippen LogP contribution < -0.4 is 10.5 Å². The van der Waals surface area contributed by atoms with Gasteiger partial charge >= 0.3 is 0 Å². The fourth-order valence-corrected chi connectivity index (χ4v) is 2.62. The van der Waals surface area contributed by atoms with Crippen LogP contribution in [0, 0.1) is 5.92 Å². The van der Waals surface area contributed by atoms with Crippen molar-refractivity contribution in [3.8, 4) is 5.75 Å². The lowest BCUT2D eigenvalue weighted by Crippen LogP contribution is -2.46. The number of nitrogens with zero attached hydrogens (tertiary/aromatic N) is 1. The Bertz CT molecular complexity index is 473. The van der Waals surface area contributed by atoms with Crippen molar-refractivity contribution in [2.75, 3.05) is 19.4 Å². The molecule has 4 heteroatoms. The Kier molecular flexibility index (Phi) is 3.98. The molecule has 0 bridgehead atoms. The third kappa shape index (κ3) is 2.67. The van der Waals surface area contributed by atoms with E-state index in [1.54, 1.807) is 25.3 Å². The Labute approximate surface area is 114 Å². The minimum absolute atomic E-state index is 0.00968. The molecule has 2 unspecified atom stereocenters. The van der Waals surface area contributed by atoms with Crippen molar-refractivity contribution in [1.29, 1.82) is 0 Å². The number of carbonyl (C=O) groups is 1. The summed E-state index contributed by atoms with van der Waals surface area (Å²) < 4.78 is 5.17. The van der Waals surface area contributed by atoms with Crippen molar-refractivity contribution < 1.29 is 9.53 Å². The van der Waals surface area contributed by atoms with Crippen molar-refractivity contribution >= 4 is 11.6 Å². The lowest BCUT2D eigenvalue weighted by atomic mass is 9.91. The third-order valence-electron chi connectivity index (χ3n) is 4.13. The largest absolute Gasteiger partial charge is 0.497 e. The molecule has 19 heavy (non-hydrogen) atoms. The average Bonchev–Trinajstić information content (AvgIpc) is 2.42. The molecule has 2 atom stereocenters. The first-order valence-electron chi connectivity index (χ1n) is 6.79. The molecule has 0 aliphatic carbocycles. The number of nitrogen functional groups attached to an aromatic ring is 1. The number of rotatable bonds is 2. The Morgan fingerprint density at radius 3 is 2.84 bits per heavy atom. The molecule has 1 aliphatic rings. The molecule has 1 saturated heterocycles. The van der Waals surface area contributed by atoms with Gasteiger partial charge in [-0.05, 0) is 43.9 Å². The molecular formula is C15H22N2O2. The van der Waals surface area contributed by atoms with E-state index in [4.69, 9.17) is 10.5 Å². The van der Waals surface area contributed by atoms with E-state index in [9.17, 15) is 4.79 Å². The molecule has 1 aromatic rings. The molecule has 104 valence electrons. The first-order chi connectivity index (χ1) is 9.04. The molecule has 1 amide bonds. The number of amides is 1. The highest BCUT2D eigenvalue weighted by molar-refractivity contribution is 5.99. The van der Waals surface area contributed by atoms with Crippen LogP contribution in [0.5, 0.6) is 5.75 Å². The minimum Gasteiger partial charge on any atom is -0.497 e. The van der Waals surface area contributed by atoms with E-state index < -0.39 is 0 Å². The van der Waals surface area contributed by atoms with Gasteiger partial charge in [-0.15, -0.1) is 0 Å². The van der Waals surface area contributed by atoms with E-state index in [0.717, 1.165) is 13.0 Å². The maximum atomic E-state index is 12.6. The summed E-state index contributed by atoms with van der Waals surface area (Å²) in [6, 6.07) is 5.48. The lowest BCUT2D eigenvalue weighted by Gasteiger charge is -2.38. The number of likely N-dealkylation sites (tertiary alicyclic amines) is 1. The zero-order chi connectivity index (χ0) is 14.0. The smallest absolute Gasteiger partial charge is 0.256 e. The van der Waals surface area contributed by atoms with Crippen LogP contribution in [0.1, 0.15) is 37.0 Å². The molecule has 2 N–H and O–H groups in total. The second kappa shape index (κ2) is 5.51. The highest BCUT2D eigenvalue weighted by atomic mass is 16.5. The van der Waals surface area contributed by atoms with Crippen LogP contribution in [0.25, 0.3) is 0 Å². The summed E-state index contributed by atoms with van der Waals surface area (Å²) in [5.74, 6) is 1.20. The van der Waals surface area contributed by atoms with Crippen molar-refractivity contribution in [2.24, 2.45) is 5.92 Å². The number of benzene rings is 1. The number of anilines is 1. The number of ether oxygens (including phenoxy) is 1. The van der Waals surface area contributed by atoms with Crippen LogP contribution in [0.2, 0.25) is 0 Å². The molecule has 1 fully saturated rings. The second-order valence-corrected chi connectivity index (χ2v) is 5.31. The van der Waals surface area contributed by atoms with Crippen molar-refractivity contribution in [3.05, 3.63) is 23.8 Å². The second-order valence-electron chi connectivity index (χ2n) is 5.31. The topological polar surface area (TPSA) is 55.6 Å². The third-order valence-corrected chi connectivity index (χ3v) is 4.13. The number of hydrogen-bond acceptors (Lipinski definition) is 3. The number of hydrogen-bond donors (Lipinski definition) is 1. The Hall–Kier alpha value is -1.71. The number of carbonyl (C=O) groups excluding carboxylic acids is 1. The first kappa shape index (κ1) is 13.7. The highest BCUT2D eigenvalue weighted by Gasteiger charge is 2.29. The van der Waals surface area contributed by atoms with Gasteiger partial charge in [0.25, 0.3) is 5.91 Å². The monoisotopic (exact) mass is 262 g/mol. The van der Waals surface area contributed by atoms with Gasteiger partial charge in [-0.1, -0.05) is 6.92 Å². The lowest BCUT2D eigenvalue weighted by molar-refractivity contribution is 0.0552. The number of nitrogens with two attached hydrogens (primary N) is 1. The Balaban J connectivity index is 2.28. The fraction of sp³-hybridized carbons (Fsp3) is 0.533. The summed E-state index contributed by atoms with van der Waals surface area (Å²) in [6.45, 7) is 5.11. The summed E-state index contributed by atoms with van der Waals surface area (Å²) >= 11 is 0. The van der Waals surface area contributed by atoms with Crippen molar-refractivity contribution in [1.82, 2.24) is 4.90 Å². The van der Waals surface area contributed by atoms with Crippen molar-refractivity contribution in [3.63, 3.8) is 0 Å². The maximum absolute atomic E-state index is 12.6. The summed E-state index contributed by atoms with van der Waals surface area (Å²) in [6.07, 6.45) is 2.24. The molecule has 1 aromatic carbocycles. The highest BCUT2D eigenvalue weighted by Crippen LogP contribution is 2.27. The molecule has 0 spiro atoms. The van der Waals surface area contributed by atoms with Gasteiger partial charge in [0, 0.05) is 18.3 Å². The quantitative estimate of drug-likeness (QED) is 0.833. The predicted molar refractivity (Wildman–Crippen MR) is 76.3 cm³/mol. The molecule has 0 saturated carbocycles. The van der Waals surface area contributed by atoms with Gasteiger partial charge in [-0.2, -0.15) is 0 Å². The van der Waals surface area contributed by atoms with E-state index in [1.165, 1.54) is 6.42 Å². The van der Waals surface area contributed by atoms with Gasteiger partial charge < -0.3 is 15.4 Å². The van der Waals surface area contributed by atoms with E-state index in [1.807, 2.05) is 4.90 Å². The molecule has 1 heterocycles. The Morgan fingerprint density at radius 2 is 2.16 bits per heavy atom. The van der Waals surface area contributed by atoms with E-state index in [2.05, 4.69) is 13.8 Å². The van der Waals surface area contributed by atoms with Crippen LogP contribution in [0.15, 0.2) is 18.2 Å². The zero-order valence-corrected chi connectivity index (χ0v) is 11.8. The predicted octanol–water partition coefficient (Wildman–Crippen LogP) is 2.54. The fourth-order valence-electron chi connectivity index (χ4n) is 2.62. The molecule has 2 rings (SSSR count). The summed E-state index contributed by atoms with van der Waals surface area (Å²) in [7, 11) is 1.59. The van der Waals surface area contributed by atoms with Gasteiger partial charge in [0.2, 0.25) is 0 Å². The van der Waals surface area contributed by atoms with E-state index in [0.29, 0.717) is 22.9 Å². The SMILES string of the molecule is COc1ccc(N)c(C(=O)N2CCCC(C)C2C)c1. The molecule has 0 radical (unpaired) electrons. The van der Waals surface area contributed by atoms with Crippen LogP contribution in [-0.2, 0) is 0 Å². The summed E-state index contributed by atoms with van der Waals surface area (Å²) in [5, 5.41) is 0.